The number of anilines is 2. The molecule has 24 heavy (non-hydrogen) atoms. The highest BCUT2D eigenvalue weighted by molar-refractivity contribution is 7.92. The standard InChI is InChI=1S/C18H25N3O2S/c1-13(2)9-10-19-16-7-8-18(20-12-16)21-24(22,23)17-11-14(3)5-6-15(17)4/h5-8,11-13,19H,9-10H2,1-4H3,(H,20,21). The third kappa shape index (κ3) is 4.96. The van der Waals surface area contributed by atoms with Gasteiger partial charge in [0.05, 0.1) is 16.8 Å². The molecule has 0 aliphatic rings. The lowest BCUT2D eigenvalue weighted by Crippen LogP contribution is -2.15. The zero-order valence-electron chi connectivity index (χ0n) is 14.6. The molecule has 2 aromatic rings. The second-order valence-electron chi connectivity index (χ2n) is 6.42. The van der Waals surface area contributed by atoms with Crippen molar-refractivity contribution in [2.24, 2.45) is 5.92 Å². The van der Waals surface area contributed by atoms with E-state index in [2.05, 4.69) is 28.9 Å². The van der Waals surface area contributed by atoms with Gasteiger partial charge < -0.3 is 5.32 Å². The van der Waals surface area contributed by atoms with Crippen LogP contribution in [-0.2, 0) is 10.0 Å². The Kier molecular flexibility index (Phi) is 5.83. The Morgan fingerprint density at radius 3 is 2.50 bits per heavy atom. The fourth-order valence-electron chi connectivity index (χ4n) is 2.25. The predicted molar refractivity (Wildman–Crippen MR) is 98.9 cm³/mol. The number of aromatic nitrogens is 1. The van der Waals surface area contributed by atoms with Gasteiger partial charge in [0.25, 0.3) is 10.0 Å². The second-order valence-corrected chi connectivity index (χ2v) is 8.07. The molecule has 1 aromatic carbocycles. The van der Waals surface area contributed by atoms with Crippen molar-refractivity contribution < 1.29 is 8.42 Å². The lowest BCUT2D eigenvalue weighted by Gasteiger charge is -2.12. The van der Waals surface area contributed by atoms with Crippen molar-refractivity contribution in [3.63, 3.8) is 0 Å². The first kappa shape index (κ1) is 18.3. The van der Waals surface area contributed by atoms with Crippen molar-refractivity contribution in [1.29, 1.82) is 0 Å². The molecule has 2 N–H and O–H groups in total. The maximum atomic E-state index is 12.5. The summed E-state index contributed by atoms with van der Waals surface area (Å²) in [6.07, 6.45) is 2.71. The molecule has 6 heteroatoms. The predicted octanol–water partition coefficient (Wildman–Crippen LogP) is 3.96. The van der Waals surface area contributed by atoms with Gasteiger partial charge in [-0.1, -0.05) is 26.0 Å². The van der Waals surface area contributed by atoms with Crippen LogP contribution in [-0.4, -0.2) is 19.9 Å². The lowest BCUT2D eigenvalue weighted by atomic mass is 10.1. The monoisotopic (exact) mass is 347 g/mol. The molecule has 1 heterocycles. The van der Waals surface area contributed by atoms with Gasteiger partial charge in [-0.15, -0.1) is 0 Å². The molecule has 0 spiro atoms. The average molecular weight is 347 g/mol. The van der Waals surface area contributed by atoms with E-state index in [0.29, 0.717) is 17.3 Å². The van der Waals surface area contributed by atoms with E-state index in [9.17, 15) is 8.42 Å². The number of rotatable bonds is 7. The van der Waals surface area contributed by atoms with Crippen LogP contribution in [0.25, 0.3) is 0 Å². The van der Waals surface area contributed by atoms with Crippen molar-refractivity contribution in [2.75, 3.05) is 16.6 Å². The highest BCUT2D eigenvalue weighted by Crippen LogP contribution is 2.20. The van der Waals surface area contributed by atoms with Crippen LogP contribution >= 0.6 is 0 Å². The fourth-order valence-corrected chi connectivity index (χ4v) is 3.59. The minimum Gasteiger partial charge on any atom is -0.384 e. The molecule has 0 atom stereocenters. The molecular weight excluding hydrogens is 322 g/mol. The van der Waals surface area contributed by atoms with E-state index in [4.69, 9.17) is 0 Å². The Hall–Kier alpha value is -2.08. The van der Waals surface area contributed by atoms with Gasteiger partial charge >= 0.3 is 0 Å². The molecule has 0 saturated heterocycles. The molecule has 0 bridgehead atoms. The smallest absolute Gasteiger partial charge is 0.263 e. The van der Waals surface area contributed by atoms with Gasteiger partial charge in [-0.25, -0.2) is 13.4 Å². The van der Waals surface area contributed by atoms with Gasteiger partial charge in [0, 0.05) is 6.54 Å². The van der Waals surface area contributed by atoms with Crippen LogP contribution in [0, 0.1) is 19.8 Å². The number of aryl methyl sites for hydroxylation is 2. The molecule has 0 saturated carbocycles. The van der Waals surface area contributed by atoms with Crippen molar-refractivity contribution in [3.8, 4) is 0 Å². The summed E-state index contributed by atoms with van der Waals surface area (Å²) in [4.78, 5) is 4.47. The summed E-state index contributed by atoms with van der Waals surface area (Å²) in [7, 11) is -3.64. The SMILES string of the molecule is Cc1ccc(C)c(S(=O)(=O)Nc2ccc(NCCC(C)C)cn2)c1. The summed E-state index contributed by atoms with van der Waals surface area (Å²) in [6.45, 7) is 8.86. The Balaban J connectivity index is 2.08. The highest BCUT2D eigenvalue weighted by Gasteiger charge is 2.17. The number of nitrogens with zero attached hydrogens (tertiary/aromatic N) is 1. The summed E-state index contributed by atoms with van der Waals surface area (Å²) in [6, 6.07) is 8.86. The van der Waals surface area contributed by atoms with E-state index in [-0.39, 0.29) is 4.90 Å². The minimum absolute atomic E-state index is 0.281. The first-order valence-electron chi connectivity index (χ1n) is 8.08. The van der Waals surface area contributed by atoms with Crippen LogP contribution in [0.3, 0.4) is 0 Å². The molecule has 0 aliphatic carbocycles. The molecular formula is C18H25N3O2S. The molecule has 0 aliphatic heterocycles. The Bertz CT molecular complexity index is 784. The molecule has 5 nitrogen and oxygen atoms in total. The van der Waals surface area contributed by atoms with Crippen molar-refractivity contribution >= 4 is 21.5 Å². The summed E-state index contributed by atoms with van der Waals surface area (Å²) in [5.74, 6) is 0.944. The van der Waals surface area contributed by atoms with Crippen LogP contribution in [0.5, 0.6) is 0 Å². The van der Waals surface area contributed by atoms with E-state index in [1.54, 1.807) is 31.3 Å². The third-order valence-corrected chi connectivity index (χ3v) is 5.18. The summed E-state index contributed by atoms with van der Waals surface area (Å²) in [5, 5.41) is 3.27. The molecule has 0 fully saturated rings. The third-order valence-electron chi connectivity index (χ3n) is 3.69. The first-order chi connectivity index (χ1) is 11.3. The van der Waals surface area contributed by atoms with Gasteiger partial charge in [0.2, 0.25) is 0 Å². The highest BCUT2D eigenvalue weighted by atomic mass is 32.2. The van der Waals surface area contributed by atoms with Crippen molar-refractivity contribution in [2.45, 2.75) is 39.0 Å². The molecule has 130 valence electrons. The summed E-state index contributed by atoms with van der Waals surface area (Å²) < 4.78 is 27.6. The first-order valence-corrected chi connectivity index (χ1v) is 9.56. The Morgan fingerprint density at radius 1 is 1.12 bits per heavy atom. The largest absolute Gasteiger partial charge is 0.384 e. The molecule has 0 amide bonds. The minimum atomic E-state index is -3.64. The Morgan fingerprint density at radius 2 is 1.88 bits per heavy atom. The topological polar surface area (TPSA) is 71.1 Å². The van der Waals surface area contributed by atoms with Gasteiger partial charge in [0.1, 0.15) is 5.82 Å². The molecule has 0 radical (unpaired) electrons. The quantitative estimate of drug-likeness (QED) is 0.795. The second kappa shape index (κ2) is 7.66. The van der Waals surface area contributed by atoms with Crippen LogP contribution in [0.1, 0.15) is 31.4 Å². The van der Waals surface area contributed by atoms with Crippen LogP contribution in [0.15, 0.2) is 41.4 Å². The van der Waals surface area contributed by atoms with Gasteiger partial charge in [0.15, 0.2) is 0 Å². The zero-order valence-corrected chi connectivity index (χ0v) is 15.4. The van der Waals surface area contributed by atoms with Gasteiger partial charge in [-0.2, -0.15) is 0 Å². The van der Waals surface area contributed by atoms with Crippen LogP contribution in [0.2, 0.25) is 0 Å². The number of hydrogen-bond acceptors (Lipinski definition) is 4. The van der Waals surface area contributed by atoms with Crippen molar-refractivity contribution in [3.05, 3.63) is 47.7 Å². The van der Waals surface area contributed by atoms with E-state index < -0.39 is 10.0 Å². The number of pyridine rings is 1. The Labute approximate surface area is 144 Å². The number of sulfonamides is 1. The summed E-state index contributed by atoms with van der Waals surface area (Å²) >= 11 is 0. The molecule has 1 aromatic heterocycles. The van der Waals surface area contributed by atoms with E-state index in [1.165, 1.54) is 0 Å². The van der Waals surface area contributed by atoms with Crippen LogP contribution < -0.4 is 10.0 Å². The fraction of sp³-hybridized carbons (Fsp3) is 0.389. The number of hydrogen-bond donors (Lipinski definition) is 2. The number of nitrogens with one attached hydrogen (secondary N) is 2. The van der Waals surface area contributed by atoms with E-state index >= 15 is 0 Å². The van der Waals surface area contributed by atoms with Crippen LogP contribution in [0.4, 0.5) is 11.5 Å². The molecule has 2 rings (SSSR count). The average Bonchev–Trinajstić information content (AvgIpc) is 2.51. The van der Waals surface area contributed by atoms with E-state index in [0.717, 1.165) is 24.2 Å². The summed E-state index contributed by atoms with van der Waals surface area (Å²) in [5.41, 5.74) is 2.49. The zero-order chi connectivity index (χ0) is 17.7. The lowest BCUT2D eigenvalue weighted by molar-refractivity contribution is 0.600. The van der Waals surface area contributed by atoms with Gasteiger partial charge in [-0.05, 0) is 55.5 Å². The van der Waals surface area contributed by atoms with E-state index in [1.807, 2.05) is 19.1 Å². The number of benzene rings is 1. The van der Waals surface area contributed by atoms with Crippen molar-refractivity contribution in [1.82, 2.24) is 4.98 Å². The maximum absolute atomic E-state index is 12.5. The normalized spacial score (nSPS) is 11.5. The maximum Gasteiger partial charge on any atom is 0.263 e. The van der Waals surface area contributed by atoms with Gasteiger partial charge in [-0.3, -0.25) is 4.72 Å². The molecule has 0 unspecified atom stereocenters.